The number of aromatic nitrogens is 3. The minimum absolute atomic E-state index is 0.0844. The molecule has 1 heterocycles. The Morgan fingerprint density at radius 2 is 1.88 bits per heavy atom. The third kappa shape index (κ3) is 6.00. The van der Waals surface area contributed by atoms with Crippen LogP contribution in [0.4, 0.5) is 11.4 Å². The third-order valence-corrected chi connectivity index (χ3v) is 6.27. The molecule has 2 aromatic carbocycles. The number of amides is 2. The molecule has 8 nitrogen and oxygen atoms in total. The monoisotopic (exact) mass is 485 g/mol. The smallest absolute Gasteiger partial charge is 0.278 e. The number of aryl methyl sites for hydroxylation is 1. The van der Waals surface area contributed by atoms with Crippen LogP contribution in [0, 0.1) is 13.8 Å². The average molecular weight is 486 g/mol. The van der Waals surface area contributed by atoms with Gasteiger partial charge in [-0.1, -0.05) is 48.0 Å². The predicted molar refractivity (Wildman–Crippen MR) is 132 cm³/mol. The second-order valence-corrected chi connectivity index (χ2v) is 9.16. The molecule has 33 heavy (non-hydrogen) atoms. The topological polar surface area (TPSA) is 117 Å². The number of carbonyl (C=O) groups is 2. The number of carbonyl (C=O) groups excluding carboxylic acids is 2. The van der Waals surface area contributed by atoms with E-state index in [4.69, 9.17) is 11.6 Å². The van der Waals surface area contributed by atoms with E-state index in [1.54, 1.807) is 44.2 Å². The van der Waals surface area contributed by atoms with Gasteiger partial charge in [0.05, 0.1) is 10.9 Å². The van der Waals surface area contributed by atoms with Crippen molar-refractivity contribution in [2.45, 2.75) is 44.5 Å². The van der Waals surface area contributed by atoms with Crippen LogP contribution in [0.2, 0.25) is 5.02 Å². The lowest BCUT2D eigenvalue weighted by atomic mass is 10.1. The van der Waals surface area contributed by atoms with Crippen molar-refractivity contribution in [1.82, 2.24) is 15.2 Å². The van der Waals surface area contributed by atoms with Gasteiger partial charge in [-0.3, -0.25) is 19.4 Å². The predicted octanol–water partition coefficient (Wildman–Crippen LogP) is 4.57. The van der Waals surface area contributed by atoms with Crippen LogP contribution in [0.5, 0.6) is 0 Å². The first kappa shape index (κ1) is 24.5. The highest BCUT2D eigenvalue weighted by molar-refractivity contribution is 8.00. The average Bonchev–Trinajstić information content (AvgIpc) is 2.78. The van der Waals surface area contributed by atoms with Crippen LogP contribution in [-0.2, 0) is 9.59 Å². The molecule has 0 fully saturated rings. The lowest BCUT2D eigenvalue weighted by Crippen LogP contribution is -2.24. The number of rotatable bonds is 7. The Kier molecular flexibility index (Phi) is 7.88. The van der Waals surface area contributed by atoms with Crippen molar-refractivity contribution in [1.29, 1.82) is 0 Å². The number of benzene rings is 2. The fourth-order valence-corrected chi connectivity index (χ4v) is 3.87. The van der Waals surface area contributed by atoms with Crippen LogP contribution in [0.3, 0.4) is 0 Å². The number of aromatic amines is 1. The lowest BCUT2D eigenvalue weighted by molar-refractivity contribution is -0.116. The van der Waals surface area contributed by atoms with Gasteiger partial charge in [-0.2, -0.15) is 0 Å². The van der Waals surface area contributed by atoms with Gasteiger partial charge < -0.3 is 10.6 Å². The van der Waals surface area contributed by atoms with Gasteiger partial charge in [0.15, 0.2) is 10.9 Å². The number of nitrogens with one attached hydrogen (secondary N) is 3. The highest BCUT2D eigenvalue weighted by atomic mass is 35.5. The molecular weight excluding hydrogens is 462 g/mol. The third-order valence-electron chi connectivity index (χ3n) is 4.88. The van der Waals surface area contributed by atoms with Crippen LogP contribution >= 0.6 is 23.4 Å². The van der Waals surface area contributed by atoms with E-state index in [0.29, 0.717) is 28.4 Å². The zero-order valence-corrected chi connectivity index (χ0v) is 20.2. The molecule has 0 saturated heterocycles. The van der Waals surface area contributed by atoms with Crippen molar-refractivity contribution < 1.29 is 9.59 Å². The molecule has 0 bridgehead atoms. The molecule has 10 heteroatoms. The van der Waals surface area contributed by atoms with E-state index in [1.165, 1.54) is 0 Å². The molecular formula is C23H24ClN5O3S. The molecule has 3 N–H and O–H groups in total. The summed E-state index contributed by atoms with van der Waals surface area (Å²) in [6.07, 6.45) is 0.305. The van der Waals surface area contributed by atoms with Crippen molar-refractivity contribution in [3.05, 3.63) is 62.9 Å². The Morgan fingerprint density at radius 1 is 1.12 bits per heavy atom. The maximum Gasteiger partial charge on any atom is 0.278 e. The second-order valence-electron chi connectivity index (χ2n) is 7.42. The molecule has 0 saturated carbocycles. The quantitative estimate of drug-likeness (QED) is 0.422. The number of hydrogen-bond donors (Lipinski definition) is 3. The summed E-state index contributed by atoms with van der Waals surface area (Å²) >= 11 is 7.19. The molecule has 0 aliphatic heterocycles. The maximum absolute atomic E-state index is 12.8. The van der Waals surface area contributed by atoms with Gasteiger partial charge in [0.1, 0.15) is 0 Å². The molecule has 3 aromatic rings. The summed E-state index contributed by atoms with van der Waals surface area (Å²) in [5, 5.41) is 14.0. The van der Waals surface area contributed by atoms with Gasteiger partial charge in [-0.05, 0) is 50.6 Å². The highest BCUT2D eigenvalue weighted by Gasteiger charge is 2.19. The van der Waals surface area contributed by atoms with E-state index in [1.807, 2.05) is 19.9 Å². The summed E-state index contributed by atoms with van der Waals surface area (Å²) in [6, 6.07) is 10.6. The van der Waals surface area contributed by atoms with Crippen molar-refractivity contribution in [2.75, 3.05) is 10.6 Å². The SMILES string of the molecule is CCC(=O)Nc1ccc(C)cc1-c1nnc(S[C@@H](C)C(=O)Nc2cccc(Cl)c2C)[nH]c1=O. The number of halogens is 1. The molecule has 1 aromatic heterocycles. The maximum atomic E-state index is 12.8. The number of hydrogen-bond acceptors (Lipinski definition) is 6. The van der Waals surface area contributed by atoms with Gasteiger partial charge in [0.2, 0.25) is 11.8 Å². The van der Waals surface area contributed by atoms with E-state index in [-0.39, 0.29) is 22.7 Å². The highest BCUT2D eigenvalue weighted by Crippen LogP contribution is 2.27. The van der Waals surface area contributed by atoms with Gasteiger partial charge in [0, 0.05) is 22.7 Å². The fourth-order valence-electron chi connectivity index (χ4n) is 2.95. The van der Waals surface area contributed by atoms with Crippen LogP contribution < -0.4 is 16.2 Å². The van der Waals surface area contributed by atoms with Crippen molar-refractivity contribution >= 4 is 46.6 Å². The van der Waals surface area contributed by atoms with Gasteiger partial charge >= 0.3 is 0 Å². The first-order valence-corrected chi connectivity index (χ1v) is 11.6. The van der Waals surface area contributed by atoms with E-state index in [2.05, 4.69) is 25.8 Å². The minimum atomic E-state index is -0.558. The van der Waals surface area contributed by atoms with Crippen molar-refractivity contribution in [2.24, 2.45) is 0 Å². The Hall–Kier alpha value is -3.17. The number of nitrogens with zero attached hydrogens (tertiary/aromatic N) is 2. The Labute approximate surface area is 200 Å². The molecule has 172 valence electrons. The Bertz CT molecular complexity index is 1260. The summed E-state index contributed by atoms with van der Waals surface area (Å²) in [4.78, 5) is 39.9. The largest absolute Gasteiger partial charge is 0.325 e. The lowest BCUT2D eigenvalue weighted by Gasteiger charge is -2.14. The number of thioether (sulfide) groups is 1. The molecule has 0 spiro atoms. The molecule has 0 aliphatic rings. The van der Waals surface area contributed by atoms with Gasteiger partial charge in [-0.25, -0.2) is 0 Å². The van der Waals surface area contributed by atoms with Crippen LogP contribution in [0.25, 0.3) is 11.3 Å². The molecule has 3 rings (SSSR count). The molecule has 2 amide bonds. The van der Waals surface area contributed by atoms with Crippen molar-refractivity contribution in [3.8, 4) is 11.3 Å². The van der Waals surface area contributed by atoms with Crippen molar-refractivity contribution in [3.63, 3.8) is 0 Å². The van der Waals surface area contributed by atoms with E-state index >= 15 is 0 Å². The standard InChI is InChI=1S/C23H24ClN5O3S/c1-5-19(30)25-18-10-9-12(2)11-15(18)20-22(32)27-23(29-28-20)33-14(4)21(31)26-17-8-6-7-16(24)13(17)3/h6-11,14H,5H2,1-4H3,(H,25,30)(H,26,31)(H,27,29,32)/t14-/m0/s1. The Morgan fingerprint density at radius 3 is 2.58 bits per heavy atom. The molecule has 0 unspecified atom stereocenters. The van der Waals surface area contributed by atoms with Crippen LogP contribution in [-0.4, -0.2) is 32.2 Å². The summed E-state index contributed by atoms with van der Waals surface area (Å²) in [5.41, 5.74) is 2.87. The molecule has 0 aliphatic carbocycles. The van der Waals surface area contributed by atoms with Gasteiger partial charge in [-0.15, -0.1) is 10.2 Å². The summed E-state index contributed by atoms with van der Waals surface area (Å²) in [7, 11) is 0. The fraction of sp³-hybridized carbons (Fsp3) is 0.261. The summed E-state index contributed by atoms with van der Waals surface area (Å²) < 4.78 is 0. The first-order chi connectivity index (χ1) is 15.7. The number of H-pyrrole nitrogens is 1. The normalized spacial score (nSPS) is 11.7. The Balaban J connectivity index is 1.79. The van der Waals surface area contributed by atoms with Crippen LogP contribution in [0.15, 0.2) is 46.3 Å². The zero-order valence-electron chi connectivity index (χ0n) is 18.7. The van der Waals surface area contributed by atoms with E-state index < -0.39 is 10.8 Å². The van der Waals surface area contributed by atoms with E-state index in [9.17, 15) is 14.4 Å². The second kappa shape index (κ2) is 10.6. The summed E-state index contributed by atoms with van der Waals surface area (Å²) in [5.74, 6) is -0.438. The molecule has 0 radical (unpaired) electrons. The summed E-state index contributed by atoms with van der Waals surface area (Å²) in [6.45, 7) is 7.14. The van der Waals surface area contributed by atoms with Crippen LogP contribution in [0.1, 0.15) is 31.4 Å². The molecule has 1 atom stereocenters. The van der Waals surface area contributed by atoms with Gasteiger partial charge in [0.25, 0.3) is 5.56 Å². The zero-order chi connectivity index (χ0) is 24.1. The minimum Gasteiger partial charge on any atom is -0.325 e. The number of anilines is 2. The first-order valence-electron chi connectivity index (χ1n) is 10.3. The van der Waals surface area contributed by atoms with E-state index in [0.717, 1.165) is 22.9 Å².